The van der Waals surface area contributed by atoms with E-state index in [0.717, 1.165) is 0 Å². The Balaban J connectivity index is 1.79. The van der Waals surface area contributed by atoms with Crippen LogP contribution in [-0.4, -0.2) is 15.9 Å². The predicted octanol–water partition coefficient (Wildman–Crippen LogP) is 4.67. The number of pyridine rings is 2. The summed E-state index contributed by atoms with van der Waals surface area (Å²) in [5.74, 6) is 0.714. The van der Waals surface area contributed by atoms with Crippen LogP contribution in [0.15, 0.2) is 48.7 Å². The zero-order valence-electron chi connectivity index (χ0n) is 13.8. The van der Waals surface area contributed by atoms with Crippen molar-refractivity contribution in [1.82, 2.24) is 9.97 Å². The number of carbonyl (C=O) groups excluding carboxylic acids is 1. The summed E-state index contributed by atoms with van der Waals surface area (Å²) in [6, 6.07) is 11.7. The number of nitrogens with zero attached hydrogens (tertiary/aromatic N) is 2. The van der Waals surface area contributed by atoms with Crippen LogP contribution >= 0.6 is 23.2 Å². The number of nitrogens with two attached hydrogens (primary N) is 1. The Labute approximate surface area is 160 Å². The number of carbonyl (C=O) groups is 1. The topological polar surface area (TPSA) is 92.9 Å². The quantitative estimate of drug-likeness (QED) is 0.604. The van der Waals surface area contributed by atoms with Gasteiger partial charge in [0.1, 0.15) is 11.6 Å². The van der Waals surface area contributed by atoms with Crippen LogP contribution in [0.3, 0.4) is 0 Å². The zero-order valence-corrected chi connectivity index (χ0v) is 15.3. The highest BCUT2D eigenvalue weighted by Gasteiger charge is 2.15. The van der Waals surface area contributed by atoms with Crippen LogP contribution in [0.1, 0.15) is 16.1 Å². The molecule has 3 rings (SSSR count). The highest BCUT2D eigenvalue weighted by Crippen LogP contribution is 2.26. The lowest BCUT2D eigenvalue weighted by atomic mass is 10.2. The fourth-order valence-electron chi connectivity index (χ4n) is 2.26. The van der Waals surface area contributed by atoms with Crippen LogP contribution in [-0.2, 0) is 0 Å². The van der Waals surface area contributed by atoms with Gasteiger partial charge in [0.2, 0.25) is 0 Å². The zero-order chi connectivity index (χ0) is 18.7. The number of benzene rings is 1. The van der Waals surface area contributed by atoms with Gasteiger partial charge in [-0.05, 0) is 37.3 Å². The molecule has 0 atom stereocenters. The minimum absolute atomic E-state index is 0.220. The summed E-state index contributed by atoms with van der Waals surface area (Å²) in [5.41, 5.74) is 7.85. The monoisotopic (exact) mass is 387 g/mol. The molecular weight excluding hydrogens is 373 g/mol. The number of anilines is 4. The van der Waals surface area contributed by atoms with Gasteiger partial charge in [-0.3, -0.25) is 4.79 Å². The van der Waals surface area contributed by atoms with E-state index in [2.05, 4.69) is 20.6 Å². The second kappa shape index (κ2) is 7.59. The third-order valence-electron chi connectivity index (χ3n) is 3.59. The van der Waals surface area contributed by atoms with Crippen molar-refractivity contribution in [3.8, 4) is 0 Å². The van der Waals surface area contributed by atoms with E-state index in [0.29, 0.717) is 28.7 Å². The average Bonchev–Trinajstić information content (AvgIpc) is 2.58. The molecule has 0 aliphatic heterocycles. The Morgan fingerprint density at radius 3 is 2.50 bits per heavy atom. The summed E-state index contributed by atoms with van der Waals surface area (Å²) < 4.78 is 0. The molecule has 0 aliphatic rings. The Bertz CT molecular complexity index is 957. The minimum Gasteiger partial charge on any atom is -0.397 e. The highest BCUT2D eigenvalue weighted by molar-refractivity contribution is 6.40. The molecule has 0 saturated carbocycles. The lowest BCUT2D eigenvalue weighted by molar-refractivity contribution is 0.102. The number of rotatable bonds is 4. The van der Waals surface area contributed by atoms with E-state index in [1.165, 1.54) is 0 Å². The van der Waals surface area contributed by atoms with E-state index in [-0.39, 0.29) is 15.6 Å². The van der Waals surface area contributed by atoms with E-state index < -0.39 is 5.91 Å². The second-order valence-electron chi connectivity index (χ2n) is 5.48. The maximum Gasteiger partial charge on any atom is 0.258 e. The van der Waals surface area contributed by atoms with Crippen LogP contribution in [0, 0.1) is 6.92 Å². The summed E-state index contributed by atoms with van der Waals surface area (Å²) in [6.45, 7) is 1.82. The molecule has 2 aromatic heterocycles. The molecule has 0 fully saturated rings. The normalized spacial score (nSPS) is 10.4. The van der Waals surface area contributed by atoms with Gasteiger partial charge in [0.05, 0.1) is 27.0 Å². The number of aryl methyl sites for hydroxylation is 1. The van der Waals surface area contributed by atoms with Crippen LogP contribution in [0.2, 0.25) is 10.0 Å². The summed E-state index contributed by atoms with van der Waals surface area (Å²) in [6.07, 6.45) is 1.57. The fraction of sp³-hybridized carbons (Fsp3) is 0.0556. The lowest BCUT2D eigenvalue weighted by Crippen LogP contribution is -2.13. The minimum atomic E-state index is -0.404. The summed E-state index contributed by atoms with van der Waals surface area (Å²) in [5, 5.41) is 6.39. The van der Waals surface area contributed by atoms with Gasteiger partial charge in [0.25, 0.3) is 5.91 Å². The molecule has 0 spiro atoms. The van der Waals surface area contributed by atoms with Crippen LogP contribution in [0.4, 0.5) is 23.0 Å². The van der Waals surface area contributed by atoms with Crippen LogP contribution in [0.5, 0.6) is 0 Å². The van der Waals surface area contributed by atoms with E-state index in [1.807, 2.05) is 6.92 Å². The maximum atomic E-state index is 12.5. The van der Waals surface area contributed by atoms with Crippen LogP contribution < -0.4 is 16.4 Å². The molecule has 0 unspecified atom stereocenters. The molecule has 1 amide bonds. The molecular formula is C18H15Cl2N5O. The van der Waals surface area contributed by atoms with E-state index >= 15 is 0 Å². The first kappa shape index (κ1) is 18.0. The Kier molecular flexibility index (Phi) is 5.25. The van der Waals surface area contributed by atoms with Gasteiger partial charge < -0.3 is 16.4 Å². The predicted molar refractivity (Wildman–Crippen MR) is 105 cm³/mol. The van der Waals surface area contributed by atoms with Gasteiger partial charge in [-0.25, -0.2) is 9.97 Å². The molecule has 0 radical (unpaired) electrons. The summed E-state index contributed by atoms with van der Waals surface area (Å²) >= 11 is 12.1. The molecule has 0 aliphatic carbocycles. The maximum absolute atomic E-state index is 12.5. The third-order valence-corrected chi connectivity index (χ3v) is 4.22. The number of aromatic nitrogens is 2. The summed E-state index contributed by atoms with van der Waals surface area (Å²) in [4.78, 5) is 21.0. The highest BCUT2D eigenvalue weighted by atomic mass is 35.5. The van der Waals surface area contributed by atoms with Gasteiger partial charge in [-0.15, -0.1) is 0 Å². The molecule has 6 nitrogen and oxygen atoms in total. The number of hydrogen-bond donors (Lipinski definition) is 3. The second-order valence-corrected chi connectivity index (χ2v) is 6.29. The Morgan fingerprint density at radius 1 is 1.08 bits per heavy atom. The molecule has 0 bridgehead atoms. The van der Waals surface area contributed by atoms with Crippen molar-refractivity contribution in [2.24, 2.45) is 0 Å². The number of nitrogens with one attached hydrogen (secondary N) is 2. The van der Waals surface area contributed by atoms with Crippen LogP contribution in [0.25, 0.3) is 0 Å². The molecule has 3 aromatic rings. The van der Waals surface area contributed by atoms with Gasteiger partial charge in [-0.2, -0.15) is 0 Å². The van der Waals surface area contributed by atoms with Gasteiger partial charge in [-0.1, -0.05) is 29.3 Å². The molecule has 26 heavy (non-hydrogen) atoms. The van der Waals surface area contributed by atoms with Gasteiger partial charge in [0, 0.05) is 18.0 Å². The molecule has 132 valence electrons. The number of amides is 1. The smallest absolute Gasteiger partial charge is 0.258 e. The number of halogens is 2. The first-order chi connectivity index (χ1) is 12.4. The first-order valence-corrected chi connectivity index (χ1v) is 8.41. The van der Waals surface area contributed by atoms with Crippen molar-refractivity contribution in [3.63, 3.8) is 0 Å². The van der Waals surface area contributed by atoms with Crippen molar-refractivity contribution in [2.45, 2.75) is 6.92 Å². The molecule has 0 saturated heterocycles. The number of hydrogen-bond acceptors (Lipinski definition) is 5. The SMILES string of the molecule is Cc1nc(Nc2cc(NC(=O)c3c(Cl)cccc3Cl)ccn2)ccc1N. The Hall–Kier alpha value is -2.83. The van der Waals surface area contributed by atoms with Crippen molar-refractivity contribution in [3.05, 3.63) is 70.0 Å². The standard InChI is InChI=1S/C18H15Cl2N5O/c1-10-14(21)5-6-15(23-10)25-16-9-11(7-8-22-16)24-18(26)17-12(19)3-2-4-13(17)20/h2-9H,21H2,1H3,(H2,22,23,24,25,26). The van der Waals surface area contributed by atoms with Crippen molar-refractivity contribution < 1.29 is 4.79 Å². The first-order valence-electron chi connectivity index (χ1n) is 7.65. The van der Waals surface area contributed by atoms with E-state index in [1.54, 1.807) is 48.7 Å². The van der Waals surface area contributed by atoms with Gasteiger partial charge in [0.15, 0.2) is 0 Å². The molecule has 2 heterocycles. The lowest BCUT2D eigenvalue weighted by Gasteiger charge is -2.10. The van der Waals surface area contributed by atoms with Crippen molar-refractivity contribution in [1.29, 1.82) is 0 Å². The van der Waals surface area contributed by atoms with Crippen molar-refractivity contribution >= 4 is 52.1 Å². The van der Waals surface area contributed by atoms with E-state index in [4.69, 9.17) is 28.9 Å². The number of nitrogen functional groups attached to an aromatic ring is 1. The molecule has 4 N–H and O–H groups in total. The molecule has 8 heteroatoms. The largest absolute Gasteiger partial charge is 0.397 e. The fourth-order valence-corrected chi connectivity index (χ4v) is 2.83. The third kappa shape index (κ3) is 4.04. The van der Waals surface area contributed by atoms with E-state index in [9.17, 15) is 4.79 Å². The van der Waals surface area contributed by atoms with Gasteiger partial charge >= 0.3 is 0 Å². The Morgan fingerprint density at radius 2 is 1.81 bits per heavy atom. The summed E-state index contributed by atoms with van der Waals surface area (Å²) in [7, 11) is 0. The average molecular weight is 388 g/mol. The molecule has 1 aromatic carbocycles. The van der Waals surface area contributed by atoms with Crippen molar-refractivity contribution in [2.75, 3.05) is 16.4 Å².